The summed E-state index contributed by atoms with van der Waals surface area (Å²) in [6.07, 6.45) is 3.31. The van der Waals surface area contributed by atoms with Crippen LogP contribution in [0.15, 0.2) is 35.6 Å². The van der Waals surface area contributed by atoms with Crippen LogP contribution in [-0.4, -0.2) is 23.6 Å². The van der Waals surface area contributed by atoms with Gasteiger partial charge >= 0.3 is 0 Å². The SMILES string of the molecule is CCS(=O)(=O)c1cn2ccccc2n1. The van der Waals surface area contributed by atoms with E-state index in [0.717, 1.165) is 0 Å². The van der Waals surface area contributed by atoms with Crippen molar-refractivity contribution in [1.82, 2.24) is 9.38 Å². The van der Waals surface area contributed by atoms with Crippen molar-refractivity contribution < 1.29 is 8.42 Å². The number of sulfone groups is 1. The maximum atomic E-state index is 11.5. The van der Waals surface area contributed by atoms with Gasteiger partial charge in [0.05, 0.1) is 5.75 Å². The molecule has 0 aliphatic rings. The van der Waals surface area contributed by atoms with E-state index in [0.29, 0.717) is 5.65 Å². The highest BCUT2D eigenvalue weighted by Gasteiger charge is 2.15. The first-order valence-electron chi connectivity index (χ1n) is 4.30. The highest BCUT2D eigenvalue weighted by Crippen LogP contribution is 2.11. The maximum Gasteiger partial charge on any atom is 0.196 e. The molecular formula is C9H10N2O2S. The molecule has 2 aromatic rings. The topological polar surface area (TPSA) is 51.4 Å². The van der Waals surface area contributed by atoms with E-state index < -0.39 is 9.84 Å². The van der Waals surface area contributed by atoms with Crippen molar-refractivity contribution in [3.8, 4) is 0 Å². The van der Waals surface area contributed by atoms with Gasteiger partial charge in [0.25, 0.3) is 0 Å². The van der Waals surface area contributed by atoms with Gasteiger partial charge in [-0.25, -0.2) is 13.4 Å². The molecule has 0 saturated heterocycles. The maximum absolute atomic E-state index is 11.5. The Hall–Kier alpha value is -1.36. The van der Waals surface area contributed by atoms with E-state index in [9.17, 15) is 8.42 Å². The van der Waals surface area contributed by atoms with Crippen LogP contribution in [0.1, 0.15) is 6.92 Å². The largest absolute Gasteiger partial charge is 0.306 e. The van der Waals surface area contributed by atoms with Crippen LogP contribution in [0.4, 0.5) is 0 Å². The number of nitrogens with zero attached hydrogens (tertiary/aromatic N) is 2. The van der Waals surface area contributed by atoms with Gasteiger partial charge in [-0.2, -0.15) is 0 Å². The Balaban J connectivity index is 2.67. The van der Waals surface area contributed by atoms with Gasteiger partial charge in [-0.05, 0) is 12.1 Å². The first-order valence-corrected chi connectivity index (χ1v) is 5.95. The molecule has 2 rings (SSSR count). The summed E-state index contributed by atoms with van der Waals surface area (Å²) in [5.74, 6) is 0.0802. The molecule has 2 heterocycles. The lowest BCUT2D eigenvalue weighted by molar-refractivity contribution is 0.594. The van der Waals surface area contributed by atoms with Crippen molar-refractivity contribution in [2.24, 2.45) is 0 Å². The molecule has 4 nitrogen and oxygen atoms in total. The zero-order chi connectivity index (χ0) is 10.2. The lowest BCUT2D eigenvalue weighted by Gasteiger charge is -1.91. The minimum absolute atomic E-state index is 0.0802. The fraction of sp³-hybridized carbons (Fsp3) is 0.222. The first-order chi connectivity index (χ1) is 6.63. The van der Waals surface area contributed by atoms with Crippen LogP contribution in [0.2, 0.25) is 0 Å². The number of aromatic nitrogens is 2. The summed E-state index contributed by atoms with van der Waals surface area (Å²) >= 11 is 0. The molecule has 2 aromatic heterocycles. The summed E-state index contributed by atoms with van der Waals surface area (Å²) < 4.78 is 24.7. The van der Waals surface area contributed by atoms with Crippen molar-refractivity contribution >= 4 is 15.5 Å². The molecule has 0 aliphatic carbocycles. The lowest BCUT2D eigenvalue weighted by Crippen LogP contribution is -2.03. The fourth-order valence-electron chi connectivity index (χ4n) is 1.21. The minimum atomic E-state index is -3.19. The van der Waals surface area contributed by atoms with Crippen LogP contribution >= 0.6 is 0 Å². The molecule has 0 aromatic carbocycles. The van der Waals surface area contributed by atoms with Gasteiger partial charge in [-0.15, -0.1) is 0 Å². The number of pyridine rings is 1. The Morgan fingerprint density at radius 1 is 1.43 bits per heavy atom. The van der Waals surface area contributed by atoms with Gasteiger partial charge in [-0.1, -0.05) is 13.0 Å². The molecule has 0 spiro atoms. The van der Waals surface area contributed by atoms with Crippen molar-refractivity contribution in [2.45, 2.75) is 11.9 Å². The van der Waals surface area contributed by atoms with E-state index in [1.807, 2.05) is 12.1 Å². The highest BCUT2D eigenvalue weighted by molar-refractivity contribution is 7.91. The standard InChI is InChI=1S/C9H10N2O2S/c1-2-14(12,13)9-7-11-6-4-3-5-8(11)10-9/h3-7H,2H2,1H3. The van der Waals surface area contributed by atoms with E-state index >= 15 is 0 Å². The van der Waals surface area contributed by atoms with E-state index in [-0.39, 0.29) is 10.8 Å². The fourth-order valence-corrected chi connectivity index (χ4v) is 2.01. The molecular weight excluding hydrogens is 200 g/mol. The minimum Gasteiger partial charge on any atom is -0.306 e. The van der Waals surface area contributed by atoms with E-state index in [4.69, 9.17) is 0 Å². The predicted octanol–water partition coefficient (Wildman–Crippen LogP) is 1.13. The number of fused-ring (bicyclic) bond motifs is 1. The molecule has 0 bridgehead atoms. The highest BCUT2D eigenvalue weighted by atomic mass is 32.2. The van der Waals surface area contributed by atoms with Crippen molar-refractivity contribution in [1.29, 1.82) is 0 Å². The molecule has 5 heteroatoms. The van der Waals surface area contributed by atoms with Crippen molar-refractivity contribution in [3.05, 3.63) is 30.6 Å². The third-order valence-corrected chi connectivity index (χ3v) is 3.63. The predicted molar refractivity (Wildman–Crippen MR) is 52.9 cm³/mol. The summed E-state index contributed by atoms with van der Waals surface area (Å²) in [6, 6.07) is 5.43. The zero-order valence-corrected chi connectivity index (χ0v) is 8.53. The molecule has 0 fully saturated rings. The van der Waals surface area contributed by atoms with Crippen LogP contribution < -0.4 is 0 Å². The Morgan fingerprint density at radius 2 is 2.21 bits per heavy atom. The lowest BCUT2D eigenvalue weighted by atomic mass is 10.5. The second kappa shape index (κ2) is 3.09. The van der Waals surface area contributed by atoms with Crippen LogP contribution in [0.25, 0.3) is 5.65 Å². The third kappa shape index (κ3) is 1.39. The number of hydrogen-bond donors (Lipinski definition) is 0. The van der Waals surface area contributed by atoms with E-state index in [2.05, 4.69) is 4.98 Å². The van der Waals surface area contributed by atoms with Crippen molar-refractivity contribution in [2.75, 3.05) is 5.75 Å². The first kappa shape index (κ1) is 9.21. The molecule has 0 amide bonds. The Kier molecular flexibility index (Phi) is 2.03. The Labute approximate surface area is 82.1 Å². The van der Waals surface area contributed by atoms with E-state index in [1.165, 1.54) is 6.20 Å². The second-order valence-electron chi connectivity index (χ2n) is 2.95. The number of hydrogen-bond acceptors (Lipinski definition) is 3. The average Bonchev–Trinajstić information content (AvgIpc) is 2.61. The smallest absolute Gasteiger partial charge is 0.196 e. The van der Waals surface area contributed by atoms with E-state index in [1.54, 1.807) is 23.6 Å². The van der Waals surface area contributed by atoms with Crippen LogP contribution in [0, 0.1) is 0 Å². The third-order valence-electron chi connectivity index (χ3n) is 2.04. The molecule has 0 aliphatic heterocycles. The monoisotopic (exact) mass is 210 g/mol. The van der Waals surface area contributed by atoms with Gasteiger partial charge in [-0.3, -0.25) is 0 Å². The quantitative estimate of drug-likeness (QED) is 0.746. The Bertz CT molecular complexity index is 524. The summed E-state index contributed by atoms with van der Waals surface area (Å²) in [4.78, 5) is 4.03. The van der Waals surface area contributed by atoms with Gasteiger partial charge in [0.2, 0.25) is 0 Å². The summed E-state index contributed by atoms with van der Waals surface area (Å²) in [7, 11) is -3.19. The summed E-state index contributed by atoms with van der Waals surface area (Å²) in [6.45, 7) is 1.61. The van der Waals surface area contributed by atoms with Crippen LogP contribution in [-0.2, 0) is 9.84 Å². The van der Waals surface area contributed by atoms with Gasteiger partial charge in [0.15, 0.2) is 14.9 Å². The van der Waals surface area contributed by atoms with Gasteiger partial charge < -0.3 is 4.40 Å². The molecule has 14 heavy (non-hydrogen) atoms. The van der Waals surface area contributed by atoms with Crippen LogP contribution in [0.5, 0.6) is 0 Å². The Morgan fingerprint density at radius 3 is 2.86 bits per heavy atom. The van der Waals surface area contributed by atoms with Crippen LogP contribution in [0.3, 0.4) is 0 Å². The number of rotatable bonds is 2. The van der Waals surface area contributed by atoms with Gasteiger partial charge in [0, 0.05) is 12.4 Å². The summed E-state index contributed by atoms with van der Waals surface area (Å²) in [5.41, 5.74) is 0.652. The zero-order valence-electron chi connectivity index (χ0n) is 7.71. The van der Waals surface area contributed by atoms with Gasteiger partial charge in [0.1, 0.15) is 5.65 Å². The second-order valence-corrected chi connectivity index (χ2v) is 5.17. The molecule has 74 valence electrons. The molecule has 0 atom stereocenters. The normalized spacial score (nSPS) is 12.1. The average molecular weight is 210 g/mol. The molecule has 0 saturated carbocycles. The molecule has 0 radical (unpaired) electrons. The number of imidazole rings is 1. The summed E-state index contributed by atoms with van der Waals surface area (Å²) in [5, 5.41) is 0.145. The molecule has 0 N–H and O–H groups in total. The molecule has 0 unspecified atom stereocenters. The van der Waals surface area contributed by atoms with Crippen molar-refractivity contribution in [3.63, 3.8) is 0 Å².